The van der Waals surface area contributed by atoms with E-state index in [4.69, 9.17) is 10.5 Å². The van der Waals surface area contributed by atoms with Crippen LogP contribution in [0.2, 0.25) is 0 Å². The molecule has 10 heteroatoms. The number of amides is 1. The molecule has 1 amide bonds. The molecule has 0 aliphatic rings. The summed E-state index contributed by atoms with van der Waals surface area (Å²) in [5.41, 5.74) is 6.40. The third-order valence-electron chi connectivity index (χ3n) is 3.43. The lowest BCUT2D eigenvalue weighted by molar-refractivity contribution is -0.384. The van der Waals surface area contributed by atoms with Crippen molar-refractivity contribution in [1.29, 1.82) is 0 Å². The van der Waals surface area contributed by atoms with Crippen LogP contribution in [0.3, 0.4) is 0 Å². The van der Waals surface area contributed by atoms with Crippen LogP contribution in [0.1, 0.15) is 21.6 Å². The van der Waals surface area contributed by atoms with E-state index in [0.717, 1.165) is 5.56 Å². The van der Waals surface area contributed by atoms with Gasteiger partial charge in [-0.05, 0) is 25.0 Å². The van der Waals surface area contributed by atoms with Gasteiger partial charge in [-0.15, -0.1) is 0 Å². The number of nitrogens with zero attached hydrogens (tertiary/aromatic N) is 3. The quantitative estimate of drug-likeness (QED) is 0.468. The van der Waals surface area contributed by atoms with Gasteiger partial charge in [0.1, 0.15) is 5.69 Å². The smallest absolute Gasteiger partial charge is 0.361 e. The van der Waals surface area contributed by atoms with Crippen molar-refractivity contribution >= 4 is 29.1 Å². The fourth-order valence-corrected chi connectivity index (χ4v) is 1.99. The van der Waals surface area contributed by atoms with Crippen LogP contribution in [0.4, 0.5) is 17.2 Å². The predicted molar refractivity (Wildman–Crippen MR) is 87.9 cm³/mol. The van der Waals surface area contributed by atoms with E-state index in [1.54, 1.807) is 19.9 Å². The van der Waals surface area contributed by atoms with E-state index in [1.807, 2.05) is 0 Å². The highest BCUT2D eigenvalue weighted by Crippen LogP contribution is 2.30. The first-order valence-electron chi connectivity index (χ1n) is 7.09. The van der Waals surface area contributed by atoms with Gasteiger partial charge in [0, 0.05) is 18.5 Å². The van der Waals surface area contributed by atoms with E-state index < -0.39 is 23.4 Å². The summed E-state index contributed by atoms with van der Waals surface area (Å²) < 4.78 is 4.81. The summed E-state index contributed by atoms with van der Waals surface area (Å²) in [4.78, 5) is 41.7. The zero-order valence-corrected chi connectivity index (χ0v) is 13.5. The Kier molecular flexibility index (Phi) is 5.22. The highest BCUT2D eigenvalue weighted by atomic mass is 16.6. The van der Waals surface area contributed by atoms with Crippen LogP contribution in [0.5, 0.6) is 0 Å². The fourth-order valence-electron chi connectivity index (χ4n) is 1.99. The second kappa shape index (κ2) is 7.34. The molecule has 0 radical (unpaired) electrons. The Labute approximate surface area is 142 Å². The number of nitrogen functional groups attached to an aromatic ring is 1. The second-order valence-electron chi connectivity index (χ2n) is 5.07. The lowest BCUT2D eigenvalue weighted by Gasteiger charge is -2.11. The van der Waals surface area contributed by atoms with Crippen LogP contribution in [-0.2, 0) is 9.53 Å². The van der Waals surface area contributed by atoms with Crippen LogP contribution < -0.4 is 11.1 Å². The number of benzene rings is 1. The SMILES string of the molecule is Cc1ccc([N+](=O)[O-])c(NC(=O)COC(=O)c2nccnc2N)c1C. The number of nitrogens with one attached hydrogen (secondary N) is 1. The molecule has 0 atom stereocenters. The van der Waals surface area contributed by atoms with Gasteiger partial charge >= 0.3 is 5.97 Å². The molecule has 0 aliphatic heterocycles. The van der Waals surface area contributed by atoms with Crippen LogP contribution in [-0.4, -0.2) is 33.4 Å². The molecule has 2 aromatic rings. The van der Waals surface area contributed by atoms with E-state index in [2.05, 4.69) is 15.3 Å². The van der Waals surface area contributed by atoms with E-state index in [-0.39, 0.29) is 22.9 Å². The van der Waals surface area contributed by atoms with Gasteiger partial charge in [-0.25, -0.2) is 14.8 Å². The maximum atomic E-state index is 12.0. The fraction of sp³-hybridized carbons (Fsp3) is 0.200. The minimum atomic E-state index is -0.920. The summed E-state index contributed by atoms with van der Waals surface area (Å²) in [5, 5.41) is 13.5. The molecule has 0 unspecified atom stereocenters. The van der Waals surface area contributed by atoms with Crippen molar-refractivity contribution in [1.82, 2.24) is 9.97 Å². The third kappa shape index (κ3) is 4.05. The summed E-state index contributed by atoms with van der Waals surface area (Å²) in [6.45, 7) is 2.75. The van der Waals surface area contributed by atoms with Gasteiger partial charge in [0.2, 0.25) is 0 Å². The van der Waals surface area contributed by atoms with Crippen LogP contribution in [0.15, 0.2) is 24.5 Å². The molecular weight excluding hydrogens is 330 g/mol. The molecular formula is C15H15N5O5. The minimum Gasteiger partial charge on any atom is -0.451 e. The molecule has 0 aliphatic carbocycles. The van der Waals surface area contributed by atoms with E-state index in [9.17, 15) is 19.7 Å². The van der Waals surface area contributed by atoms with Crippen molar-refractivity contribution in [2.45, 2.75) is 13.8 Å². The number of nitro groups is 1. The molecule has 0 bridgehead atoms. The number of nitro benzene ring substituents is 1. The first-order chi connectivity index (χ1) is 11.8. The Morgan fingerprint density at radius 1 is 1.28 bits per heavy atom. The standard InChI is InChI=1S/C15H15N5O5/c1-8-3-4-10(20(23)24)12(9(8)2)19-11(21)7-25-15(22)13-14(16)18-6-5-17-13/h3-6H,7H2,1-2H3,(H2,16,18)(H,19,21). The van der Waals surface area contributed by atoms with Crippen molar-refractivity contribution in [3.05, 3.63) is 51.5 Å². The summed E-state index contributed by atoms with van der Waals surface area (Å²) in [6, 6.07) is 2.88. The largest absolute Gasteiger partial charge is 0.451 e. The summed E-state index contributed by atoms with van der Waals surface area (Å²) >= 11 is 0. The van der Waals surface area contributed by atoms with Crippen LogP contribution >= 0.6 is 0 Å². The monoisotopic (exact) mass is 345 g/mol. The van der Waals surface area contributed by atoms with Gasteiger partial charge in [0.25, 0.3) is 11.6 Å². The number of esters is 1. The average Bonchev–Trinajstić information content (AvgIpc) is 2.57. The normalized spacial score (nSPS) is 10.2. The van der Waals surface area contributed by atoms with Crippen molar-refractivity contribution < 1.29 is 19.2 Å². The number of anilines is 2. The van der Waals surface area contributed by atoms with Crippen molar-refractivity contribution in [2.24, 2.45) is 0 Å². The van der Waals surface area contributed by atoms with Gasteiger partial charge < -0.3 is 15.8 Å². The predicted octanol–water partition coefficient (Wildman–Crippen LogP) is 1.38. The maximum absolute atomic E-state index is 12.0. The zero-order valence-electron chi connectivity index (χ0n) is 13.5. The van der Waals surface area contributed by atoms with E-state index in [0.29, 0.717) is 5.56 Å². The Morgan fingerprint density at radius 2 is 1.96 bits per heavy atom. The van der Waals surface area contributed by atoms with Gasteiger partial charge in [-0.3, -0.25) is 14.9 Å². The molecule has 0 fully saturated rings. The van der Waals surface area contributed by atoms with Gasteiger partial charge in [0.15, 0.2) is 18.1 Å². The lowest BCUT2D eigenvalue weighted by atomic mass is 10.1. The molecule has 25 heavy (non-hydrogen) atoms. The van der Waals surface area contributed by atoms with Crippen molar-refractivity contribution in [3.8, 4) is 0 Å². The highest BCUT2D eigenvalue weighted by Gasteiger charge is 2.21. The first kappa shape index (κ1) is 17.8. The molecule has 3 N–H and O–H groups in total. The molecule has 2 rings (SSSR count). The molecule has 130 valence electrons. The molecule has 0 saturated carbocycles. The molecule has 10 nitrogen and oxygen atoms in total. The number of hydrogen-bond acceptors (Lipinski definition) is 8. The molecule has 1 aromatic heterocycles. The number of carbonyl (C=O) groups excluding carboxylic acids is 2. The summed E-state index contributed by atoms with van der Waals surface area (Å²) in [6.07, 6.45) is 2.56. The third-order valence-corrected chi connectivity index (χ3v) is 3.43. The Balaban J connectivity index is 2.09. The highest BCUT2D eigenvalue weighted by molar-refractivity contribution is 5.98. The number of aryl methyl sites for hydroxylation is 1. The Morgan fingerprint density at radius 3 is 2.60 bits per heavy atom. The molecule has 1 heterocycles. The van der Waals surface area contributed by atoms with Crippen LogP contribution in [0, 0.1) is 24.0 Å². The number of carbonyl (C=O) groups is 2. The van der Waals surface area contributed by atoms with Crippen molar-refractivity contribution in [3.63, 3.8) is 0 Å². The number of rotatable bonds is 5. The van der Waals surface area contributed by atoms with Crippen LogP contribution in [0.25, 0.3) is 0 Å². The van der Waals surface area contributed by atoms with Gasteiger partial charge in [-0.1, -0.05) is 6.07 Å². The van der Waals surface area contributed by atoms with Gasteiger partial charge in [-0.2, -0.15) is 0 Å². The Hall–Kier alpha value is -3.56. The number of nitrogens with two attached hydrogens (primary N) is 1. The summed E-state index contributed by atoms with van der Waals surface area (Å²) in [5.74, 6) is -1.78. The van der Waals surface area contributed by atoms with Gasteiger partial charge in [0.05, 0.1) is 4.92 Å². The first-order valence-corrected chi connectivity index (χ1v) is 7.09. The van der Waals surface area contributed by atoms with Crippen molar-refractivity contribution in [2.75, 3.05) is 17.7 Å². The maximum Gasteiger partial charge on any atom is 0.361 e. The number of hydrogen-bond donors (Lipinski definition) is 2. The summed E-state index contributed by atoms with van der Waals surface area (Å²) in [7, 11) is 0. The Bertz CT molecular complexity index is 852. The zero-order chi connectivity index (χ0) is 18.6. The molecule has 1 aromatic carbocycles. The van der Waals surface area contributed by atoms with E-state index >= 15 is 0 Å². The topological polar surface area (TPSA) is 150 Å². The lowest BCUT2D eigenvalue weighted by Crippen LogP contribution is -2.23. The minimum absolute atomic E-state index is 0.0602. The number of aromatic nitrogens is 2. The molecule has 0 spiro atoms. The molecule has 0 saturated heterocycles. The van der Waals surface area contributed by atoms with E-state index in [1.165, 1.54) is 18.5 Å². The second-order valence-corrected chi connectivity index (χ2v) is 5.07. The number of ether oxygens (including phenoxy) is 1. The average molecular weight is 345 g/mol.